The molecule has 0 spiro atoms. The van der Waals surface area contributed by atoms with Crippen LogP contribution in [0.2, 0.25) is 5.22 Å². The zero-order valence-electron chi connectivity index (χ0n) is 12.1. The van der Waals surface area contributed by atoms with Crippen molar-refractivity contribution in [2.24, 2.45) is 0 Å². The predicted molar refractivity (Wildman–Crippen MR) is 80.6 cm³/mol. The lowest BCUT2D eigenvalue weighted by molar-refractivity contribution is 0.0887. The van der Waals surface area contributed by atoms with Crippen LogP contribution >= 0.6 is 11.6 Å². The molecule has 0 aliphatic carbocycles. The highest BCUT2D eigenvalue weighted by Crippen LogP contribution is 2.29. The van der Waals surface area contributed by atoms with E-state index in [1.807, 2.05) is 0 Å². The van der Waals surface area contributed by atoms with Crippen LogP contribution in [0.4, 0.5) is 0 Å². The minimum atomic E-state index is -0.959. The Hall–Kier alpha value is -2.18. The van der Waals surface area contributed by atoms with Crippen molar-refractivity contribution in [3.63, 3.8) is 0 Å². The maximum absolute atomic E-state index is 11.8. The quantitative estimate of drug-likeness (QED) is 0.852. The zero-order chi connectivity index (χ0) is 16.1. The molecule has 1 heterocycles. The van der Waals surface area contributed by atoms with E-state index in [1.165, 1.54) is 26.4 Å². The molecule has 7 heteroatoms. The molecule has 0 fully saturated rings. The van der Waals surface area contributed by atoms with Crippen molar-refractivity contribution in [1.82, 2.24) is 5.32 Å². The third-order valence-corrected chi connectivity index (χ3v) is 3.25. The van der Waals surface area contributed by atoms with E-state index in [-0.39, 0.29) is 17.5 Å². The molecule has 6 nitrogen and oxygen atoms in total. The van der Waals surface area contributed by atoms with Gasteiger partial charge in [-0.3, -0.25) is 4.79 Å². The predicted octanol–water partition coefficient (Wildman–Crippen LogP) is 2.41. The van der Waals surface area contributed by atoms with E-state index in [1.54, 1.807) is 18.2 Å². The number of hydrogen-bond acceptors (Lipinski definition) is 5. The molecule has 1 amide bonds. The Morgan fingerprint density at radius 3 is 2.68 bits per heavy atom. The number of furan rings is 1. The summed E-state index contributed by atoms with van der Waals surface area (Å²) in [6, 6.07) is 7.98. The summed E-state index contributed by atoms with van der Waals surface area (Å²) in [7, 11) is 3.03. The van der Waals surface area contributed by atoms with Gasteiger partial charge in [0.2, 0.25) is 0 Å². The number of ether oxygens (including phenoxy) is 2. The Kier molecular flexibility index (Phi) is 5.30. The van der Waals surface area contributed by atoms with Crippen LogP contribution in [-0.4, -0.2) is 31.8 Å². The second-order valence-corrected chi connectivity index (χ2v) is 4.81. The number of benzene rings is 1. The molecule has 2 N–H and O–H groups in total. The van der Waals surface area contributed by atoms with E-state index in [0.717, 1.165) is 0 Å². The van der Waals surface area contributed by atoms with Crippen LogP contribution in [-0.2, 0) is 0 Å². The van der Waals surface area contributed by atoms with Crippen molar-refractivity contribution >= 4 is 17.5 Å². The molecule has 0 saturated heterocycles. The van der Waals surface area contributed by atoms with Crippen molar-refractivity contribution in [3.05, 3.63) is 46.9 Å². The van der Waals surface area contributed by atoms with Gasteiger partial charge in [-0.1, -0.05) is 0 Å². The molecule has 0 unspecified atom stereocenters. The van der Waals surface area contributed by atoms with Gasteiger partial charge in [0.25, 0.3) is 5.91 Å². The van der Waals surface area contributed by atoms with E-state index < -0.39 is 12.0 Å². The summed E-state index contributed by atoms with van der Waals surface area (Å²) in [6.45, 7) is -0.0132. The maximum atomic E-state index is 11.8. The normalized spacial score (nSPS) is 11.8. The summed E-state index contributed by atoms with van der Waals surface area (Å²) < 4.78 is 15.3. The molecule has 0 radical (unpaired) electrons. The molecule has 0 aliphatic rings. The second kappa shape index (κ2) is 7.20. The smallest absolute Gasteiger partial charge is 0.287 e. The molecular weight excluding hydrogens is 310 g/mol. The SMILES string of the molecule is COc1ccc(OC)c([C@@H](O)CNC(=O)c2ccc(Cl)o2)c1. The fourth-order valence-corrected chi connectivity index (χ4v) is 2.07. The summed E-state index contributed by atoms with van der Waals surface area (Å²) >= 11 is 5.61. The number of rotatable bonds is 6. The molecule has 0 aliphatic heterocycles. The van der Waals surface area contributed by atoms with Gasteiger partial charge in [-0.25, -0.2) is 0 Å². The lowest BCUT2D eigenvalue weighted by Crippen LogP contribution is -2.28. The Bertz CT molecular complexity index is 655. The lowest BCUT2D eigenvalue weighted by atomic mass is 10.1. The second-order valence-electron chi connectivity index (χ2n) is 4.44. The first-order chi connectivity index (χ1) is 10.5. The molecule has 2 aromatic rings. The van der Waals surface area contributed by atoms with Crippen LogP contribution in [0.5, 0.6) is 11.5 Å². The minimum Gasteiger partial charge on any atom is -0.497 e. The first kappa shape index (κ1) is 16.2. The molecule has 0 bridgehead atoms. The van der Waals surface area contributed by atoms with E-state index in [4.69, 9.17) is 25.5 Å². The molecular formula is C15H16ClNO5. The molecule has 1 aromatic carbocycles. The van der Waals surface area contributed by atoms with Gasteiger partial charge in [0, 0.05) is 12.1 Å². The van der Waals surface area contributed by atoms with Crippen LogP contribution in [0, 0.1) is 0 Å². The number of nitrogens with one attached hydrogen (secondary N) is 1. The van der Waals surface area contributed by atoms with Crippen molar-refractivity contribution in [3.8, 4) is 11.5 Å². The maximum Gasteiger partial charge on any atom is 0.287 e. The number of halogens is 1. The van der Waals surface area contributed by atoms with E-state index in [9.17, 15) is 9.90 Å². The van der Waals surface area contributed by atoms with Crippen LogP contribution in [0.15, 0.2) is 34.7 Å². The Balaban J connectivity index is 2.05. The average molecular weight is 326 g/mol. The van der Waals surface area contributed by atoms with Crippen LogP contribution in [0.1, 0.15) is 22.2 Å². The number of aliphatic hydroxyl groups excluding tert-OH is 1. The highest BCUT2D eigenvalue weighted by Gasteiger charge is 2.17. The number of carbonyl (C=O) groups is 1. The fraction of sp³-hybridized carbons (Fsp3) is 0.267. The van der Waals surface area contributed by atoms with Crippen LogP contribution < -0.4 is 14.8 Å². The lowest BCUT2D eigenvalue weighted by Gasteiger charge is -2.16. The monoisotopic (exact) mass is 325 g/mol. The standard InChI is InChI=1S/C15H16ClNO5/c1-20-9-3-4-12(21-2)10(7-9)11(18)8-17-15(19)13-5-6-14(16)22-13/h3-7,11,18H,8H2,1-2H3,(H,17,19)/t11-/m0/s1. The van der Waals surface area contributed by atoms with Crippen molar-refractivity contribution in [2.75, 3.05) is 20.8 Å². The molecule has 22 heavy (non-hydrogen) atoms. The first-order valence-corrected chi connectivity index (χ1v) is 6.86. The number of hydrogen-bond donors (Lipinski definition) is 2. The zero-order valence-corrected chi connectivity index (χ0v) is 12.9. The minimum absolute atomic E-state index is 0.0132. The average Bonchev–Trinajstić information content (AvgIpc) is 2.98. The van der Waals surface area contributed by atoms with Gasteiger partial charge >= 0.3 is 0 Å². The number of amides is 1. The molecule has 1 aromatic heterocycles. The third-order valence-electron chi connectivity index (χ3n) is 3.05. The summed E-state index contributed by atoms with van der Waals surface area (Å²) in [5.41, 5.74) is 0.514. The van der Waals surface area contributed by atoms with Crippen molar-refractivity contribution < 1.29 is 23.8 Å². The number of aliphatic hydroxyl groups is 1. The first-order valence-electron chi connectivity index (χ1n) is 6.48. The van der Waals surface area contributed by atoms with Gasteiger partial charge in [0.15, 0.2) is 11.0 Å². The van der Waals surface area contributed by atoms with Gasteiger partial charge in [-0.05, 0) is 41.9 Å². The largest absolute Gasteiger partial charge is 0.497 e. The fourth-order valence-electron chi connectivity index (χ4n) is 1.92. The summed E-state index contributed by atoms with van der Waals surface area (Å²) in [6.07, 6.45) is -0.959. The molecule has 2 rings (SSSR count). The summed E-state index contributed by atoms with van der Waals surface area (Å²) in [5.74, 6) is 0.699. The van der Waals surface area contributed by atoms with Crippen LogP contribution in [0.25, 0.3) is 0 Å². The third kappa shape index (κ3) is 3.72. The van der Waals surface area contributed by atoms with E-state index in [0.29, 0.717) is 17.1 Å². The van der Waals surface area contributed by atoms with E-state index in [2.05, 4.69) is 5.32 Å². The van der Waals surface area contributed by atoms with Gasteiger partial charge in [-0.15, -0.1) is 0 Å². The topological polar surface area (TPSA) is 80.9 Å². The summed E-state index contributed by atoms with van der Waals surface area (Å²) in [4.78, 5) is 11.8. The van der Waals surface area contributed by atoms with Gasteiger partial charge < -0.3 is 24.3 Å². The van der Waals surface area contributed by atoms with Crippen LogP contribution in [0.3, 0.4) is 0 Å². The molecule has 0 saturated carbocycles. The summed E-state index contributed by atoms with van der Waals surface area (Å²) in [5, 5.41) is 12.9. The Labute approximate surface area is 132 Å². The Morgan fingerprint density at radius 1 is 1.32 bits per heavy atom. The highest BCUT2D eigenvalue weighted by atomic mass is 35.5. The van der Waals surface area contributed by atoms with Gasteiger partial charge in [0.1, 0.15) is 17.6 Å². The molecule has 1 atom stereocenters. The highest BCUT2D eigenvalue weighted by molar-refractivity contribution is 6.29. The number of methoxy groups -OCH3 is 2. The molecule has 118 valence electrons. The van der Waals surface area contributed by atoms with Gasteiger partial charge in [-0.2, -0.15) is 0 Å². The Morgan fingerprint density at radius 2 is 2.09 bits per heavy atom. The van der Waals surface area contributed by atoms with E-state index >= 15 is 0 Å². The van der Waals surface area contributed by atoms with Crippen molar-refractivity contribution in [1.29, 1.82) is 0 Å². The number of carbonyl (C=O) groups excluding carboxylic acids is 1. The van der Waals surface area contributed by atoms with Gasteiger partial charge in [0.05, 0.1) is 14.2 Å². The van der Waals surface area contributed by atoms with Crippen molar-refractivity contribution in [2.45, 2.75) is 6.10 Å².